The molecule has 0 spiro atoms. The van der Waals surface area contributed by atoms with E-state index in [2.05, 4.69) is 5.32 Å². The first kappa shape index (κ1) is 12.5. The van der Waals surface area contributed by atoms with E-state index in [0.717, 1.165) is 5.69 Å². The van der Waals surface area contributed by atoms with Crippen molar-refractivity contribution >= 4 is 11.7 Å². The average Bonchev–Trinajstić information content (AvgIpc) is 2.30. The van der Waals surface area contributed by atoms with E-state index < -0.39 is 0 Å². The molecule has 16 heavy (non-hydrogen) atoms. The van der Waals surface area contributed by atoms with Gasteiger partial charge in [0, 0.05) is 18.3 Å². The standard InChI is InChI=1S/C12H18N2O2/c1-3-16-12(15)10-4-6-11(7-5-10)14-9(2)8-13/h4-7,9,14H,3,8,13H2,1-2H3/t9-/m1/s1. The number of benzene rings is 1. The third-order valence-corrected chi connectivity index (χ3v) is 2.16. The van der Waals surface area contributed by atoms with Crippen LogP contribution >= 0.6 is 0 Å². The van der Waals surface area contributed by atoms with Gasteiger partial charge in [-0.25, -0.2) is 4.79 Å². The first-order valence-corrected chi connectivity index (χ1v) is 5.41. The Balaban J connectivity index is 2.64. The Morgan fingerprint density at radius 3 is 2.56 bits per heavy atom. The lowest BCUT2D eigenvalue weighted by molar-refractivity contribution is 0.0526. The summed E-state index contributed by atoms with van der Waals surface area (Å²) in [5.74, 6) is -0.291. The van der Waals surface area contributed by atoms with Crippen LogP contribution < -0.4 is 11.1 Å². The molecule has 0 bridgehead atoms. The molecule has 0 aliphatic carbocycles. The molecule has 3 N–H and O–H groups in total. The molecule has 1 aromatic carbocycles. The highest BCUT2D eigenvalue weighted by molar-refractivity contribution is 5.89. The molecule has 1 rings (SSSR count). The molecule has 0 saturated heterocycles. The van der Waals surface area contributed by atoms with Crippen LogP contribution in [0.15, 0.2) is 24.3 Å². The number of hydrogen-bond acceptors (Lipinski definition) is 4. The van der Waals surface area contributed by atoms with Gasteiger partial charge in [0.25, 0.3) is 0 Å². The van der Waals surface area contributed by atoms with E-state index in [4.69, 9.17) is 10.5 Å². The van der Waals surface area contributed by atoms with Crippen LogP contribution in [0, 0.1) is 0 Å². The second kappa shape index (κ2) is 6.12. The maximum Gasteiger partial charge on any atom is 0.338 e. The lowest BCUT2D eigenvalue weighted by Gasteiger charge is -2.12. The number of carbonyl (C=O) groups excluding carboxylic acids is 1. The zero-order valence-corrected chi connectivity index (χ0v) is 9.69. The molecule has 0 aromatic heterocycles. The van der Waals surface area contributed by atoms with Crippen LogP contribution in [-0.2, 0) is 4.74 Å². The lowest BCUT2D eigenvalue weighted by atomic mass is 10.2. The Morgan fingerprint density at radius 1 is 1.44 bits per heavy atom. The molecule has 1 atom stereocenters. The molecule has 88 valence electrons. The summed E-state index contributed by atoms with van der Waals surface area (Å²) in [4.78, 5) is 11.4. The van der Waals surface area contributed by atoms with Crippen molar-refractivity contribution < 1.29 is 9.53 Å². The van der Waals surface area contributed by atoms with Crippen LogP contribution in [0.3, 0.4) is 0 Å². The second-order valence-corrected chi connectivity index (χ2v) is 3.58. The smallest absolute Gasteiger partial charge is 0.338 e. The first-order valence-electron chi connectivity index (χ1n) is 5.41. The van der Waals surface area contributed by atoms with Gasteiger partial charge < -0.3 is 15.8 Å². The fourth-order valence-corrected chi connectivity index (χ4v) is 1.26. The van der Waals surface area contributed by atoms with Crippen LogP contribution in [0.4, 0.5) is 5.69 Å². The van der Waals surface area contributed by atoms with Gasteiger partial charge in [0.15, 0.2) is 0 Å². The molecular weight excluding hydrogens is 204 g/mol. The van der Waals surface area contributed by atoms with Crippen molar-refractivity contribution in [2.45, 2.75) is 19.9 Å². The minimum absolute atomic E-state index is 0.216. The SMILES string of the molecule is CCOC(=O)c1ccc(N[C@H](C)CN)cc1. The highest BCUT2D eigenvalue weighted by Gasteiger charge is 2.06. The summed E-state index contributed by atoms with van der Waals surface area (Å²) >= 11 is 0. The third-order valence-electron chi connectivity index (χ3n) is 2.16. The first-order chi connectivity index (χ1) is 7.67. The van der Waals surface area contributed by atoms with Crippen LogP contribution in [0.25, 0.3) is 0 Å². The third kappa shape index (κ3) is 3.55. The number of ether oxygens (including phenoxy) is 1. The van der Waals surface area contributed by atoms with Crippen LogP contribution in [0.1, 0.15) is 24.2 Å². The summed E-state index contributed by atoms with van der Waals surface area (Å²) in [5.41, 5.74) is 7.01. The number of hydrogen-bond donors (Lipinski definition) is 2. The summed E-state index contributed by atoms with van der Waals surface area (Å²) in [6.07, 6.45) is 0. The second-order valence-electron chi connectivity index (χ2n) is 3.58. The quantitative estimate of drug-likeness (QED) is 0.743. The molecule has 0 saturated carbocycles. The maximum absolute atomic E-state index is 11.4. The van der Waals surface area contributed by atoms with Gasteiger partial charge in [0.05, 0.1) is 12.2 Å². The number of nitrogens with one attached hydrogen (secondary N) is 1. The highest BCUT2D eigenvalue weighted by Crippen LogP contribution is 2.11. The van der Waals surface area contributed by atoms with Gasteiger partial charge in [0.2, 0.25) is 0 Å². The summed E-state index contributed by atoms with van der Waals surface area (Å²) in [7, 11) is 0. The van der Waals surface area contributed by atoms with Gasteiger partial charge in [-0.05, 0) is 38.1 Å². The molecule has 0 amide bonds. The fourth-order valence-electron chi connectivity index (χ4n) is 1.26. The average molecular weight is 222 g/mol. The lowest BCUT2D eigenvalue weighted by Crippen LogP contribution is -2.25. The van der Waals surface area contributed by atoms with Crippen molar-refractivity contribution in [2.24, 2.45) is 5.73 Å². The van der Waals surface area contributed by atoms with E-state index in [1.54, 1.807) is 19.1 Å². The topological polar surface area (TPSA) is 64.3 Å². The zero-order chi connectivity index (χ0) is 12.0. The van der Waals surface area contributed by atoms with Gasteiger partial charge in [-0.3, -0.25) is 0 Å². The normalized spacial score (nSPS) is 11.9. The number of anilines is 1. The fraction of sp³-hybridized carbons (Fsp3) is 0.417. The Hall–Kier alpha value is -1.55. The van der Waals surface area contributed by atoms with Gasteiger partial charge in [-0.15, -0.1) is 0 Å². The van der Waals surface area contributed by atoms with Crippen molar-refractivity contribution in [3.63, 3.8) is 0 Å². The Labute approximate surface area is 95.8 Å². The van der Waals surface area contributed by atoms with Gasteiger partial charge >= 0.3 is 5.97 Å². The van der Waals surface area contributed by atoms with Gasteiger partial charge in [-0.1, -0.05) is 0 Å². The van der Waals surface area contributed by atoms with Crippen molar-refractivity contribution in [3.05, 3.63) is 29.8 Å². The van der Waals surface area contributed by atoms with E-state index in [9.17, 15) is 4.79 Å². The number of nitrogens with two attached hydrogens (primary N) is 1. The van der Waals surface area contributed by atoms with Crippen molar-refractivity contribution in [1.29, 1.82) is 0 Å². The highest BCUT2D eigenvalue weighted by atomic mass is 16.5. The van der Waals surface area contributed by atoms with Crippen molar-refractivity contribution in [2.75, 3.05) is 18.5 Å². The van der Waals surface area contributed by atoms with Crippen LogP contribution in [0.2, 0.25) is 0 Å². The van der Waals surface area contributed by atoms with E-state index in [-0.39, 0.29) is 12.0 Å². The van der Waals surface area contributed by atoms with Gasteiger partial charge in [0.1, 0.15) is 0 Å². The van der Waals surface area contributed by atoms with E-state index in [1.165, 1.54) is 0 Å². The Bertz CT molecular complexity index is 335. The molecular formula is C12H18N2O2. The molecule has 4 nitrogen and oxygen atoms in total. The molecule has 0 fully saturated rings. The molecule has 0 heterocycles. The molecule has 1 aromatic rings. The molecule has 0 unspecified atom stereocenters. The number of rotatable bonds is 5. The number of esters is 1. The predicted molar refractivity (Wildman–Crippen MR) is 64.5 cm³/mol. The van der Waals surface area contributed by atoms with E-state index in [0.29, 0.717) is 18.7 Å². The van der Waals surface area contributed by atoms with Crippen LogP contribution in [0.5, 0.6) is 0 Å². The monoisotopic (exact) mass is 222 g/mol. The summed E-state index contributed by atoms with van der Waals surface area (Å²) in [5, 5.41) is 3.21. The Kier molecular flexibility index (Phi) is 4.79. The Morgan fingerprint density at radius 2 is 2.06 bits per heavy atom. The summed E-state index contributed by atoms with van der Waals surface area (Å²) in [6, 6.07) is 7.39. The van der Waals surface area contributed by atoms with E-state index in [1.807, 2.05) is 19.1 Å². The van der Waals surface area contributed by atoms with Crippen LogP contribution in [-0.4, -0.2) is 25.2 Å². The van der Waals surface area contributed by atoms with Crippen molar-refractivity contribution in [3.8, 4) is 0 Å². The minimum atomic E-state index is -0.291. The largest absolute Gasteiger partial charge is 0.462 e. The molecule has 0 radical (unpaired) electrons. The zero-order valence-electron chi connectivity index (χ0n) is 9.69. The molecule has 0 aliphatic heterocycles. The minimum Gasteiger partial charge on any atom is -0.462 e. The summed E-state index contributed by atoms with van der Waals surface area (Å²) in [6.45, 7) is 4.75. The number of carbonyl (C=O) groups is 1. The molecule has 0 aliphatic rings. The van der Waals surface area contributed by atoms with Crippen molar-refractivity contribution in [1.82, 2.24) is 0 Å². The molecule has 4 heteroatoms. The predicted octanol–water partition coefficient (Wildman–Crippen LogP) is 1.62. The van der Waals surface area contributed by atoms with E-state index >= 15 is 0 Å². The summed E-state index contributed by atoms with van der Waals surface area (Å²) < 4.78 is 4.89. The van der Waals surface area contributed by atoms with Gasteiger partial charge in [-0.2, -0.15) is 0 Å². The maximum atomic E-state index is 11.4.